The number of hydrogen-bond acceptors (Lipinski definition) is 6. The molecule has 0 unspecified atom stereocenters. The molecule has 160 valence electrons. The molecule has 3 aliphatic carbocycles. The number of carboxylic acid groups (broad SMARTS) is 1. The number of aromatic nitrogens is 4. The standard InChI is InChI=1S/C22H22FN5O2S/c23-12-7-14-15(9-25-18(14)24-8-12)20-27-19(13-5-6-31-21(13)28-20)26-17-11-3-1-10(2-4-11)16(17)22(29)30/h7-11,16-17H,1-6H2,(H,24,25)(H,29,30)(H,26,27,28)/t10?,11?,16-,17-/m0/s1. The number of aromatic amines is 1. The number of pyridine rings is 1. The second-order valence-corrected chi connectivity index (χ2v) is 9.82. The first kappa shape index (κ1) is 19.0. The average molecular weight is 440 g/mol. The Hall–Kier alpha value is -2.68. The predicted molar refractivity (Wildman–Crippen MR) is 115 cm³/mol. The van der Waals surface area contributed by atoms with Crippen molar-refractivity contribution in [1.82, 2.24) is 19.9 Å². The molecule has 31 heavy (non-hydrogen) atoms. The van der Waals surface area contributed by atoms with Crippen LogP contribution in [0.1, 0.15) is 31.2 Å². The summed E-state index contributed by atoms with van der Waals surface area (Å²) in [6.45, 7) is 0. The lowest BCUT2D eigenvalue weighted by atomic mass is 9.61. The molecule has 0 spiro atoms. The first-order valence-electron chi connectivity index (χ1n) is 10.7. The van der Waals surface area contributed by atoms with E-state index in [1.54, 1.807) is 18.0 Å². The van der Waals surface area contributed by atoms with Crippen LogP contribution in [0.5, 0.6) is 0 Å². The summed E-state index contributed by atoms with van der Waals surface area (Å²) in [6.07, 6.45) is 7.91. The molecule has 4 aliphatic rings. The number of H-pyrrole nitrogens is 1. The fraction of sp³-hybridized carbons (Fsp3) is 0.455. The van der Waals surface area contributed by atoms with Gasteiger partial charge in [-0.1, -0.05) is 0 Å². The summed E-state index contributed by atoms with van der Waals surface area (Å²) in [4.78, 5) is 28.8. The Morgan fingerprint density at radius 3 is 2.84 bits per heavy atom. The second kappa shape index (κ2) is 7.19. The molecule has 3 aromatic heterocycles. The fourth-order valence-corrected chi connectivity index (χ4v) is 6.65. The molecule has 9 heteroatoms. The highest BCUT2D eigenvalue weighted by atomic mass is 32.2. The van der Waals surface area contributed by atoms with Gasteiger partial charge in [0.05, 0.1) is 12.1 Å². The van der Waals surface area contributed by atoms with Gasteiger partial charge in [0.1, 0.15) is 22.3 Å². The van der Waals surface area contributed by atoms with Gasteiger partial charge in [-0.25, -0.2) is 19.3 Å². The molecule has 0 saturated heterocycles. The van der Waals surface area contributed by atoms with Crippen molar-refractivity contribution in [2.75, 3.05) is 11.1 Å². The molecule has 0 amide bonds. The van der Waals surface area contributed by atoms with Crippen molar-refractivity contribution in [3.63, 3.8) is 0 Å². The third kappa shape index (κ3) is 3.09. The maximum Gasteiger partial charge on any atom is 0.308 e. The van der Waals surface area contributed by atoms with Gasteiger partial charge < -0.3 is 15.4 Å². The third-order valence-corrected chi connectivity index (χ3v) is 8.13. The number of aliphatic carboxylic acids is 1. The van der Waals surface area contributed by atoms with Crippen molar-refractivity contribution in [2.24, 2.45) is 17.8 Å². The normalized spacial score (nSPS) is 26.9. The highest BCUT2D eigenvalue weighted by Gasteiger charge is 2.47. The van der Waals surface area contributed by atoms with Crippen molar-refractivity contribution < 1.29 is 14.3 Å². The van der Waals surface area contributed by atoms with Gasteiger partial charge in [0.15, 0.2) is 5.82 Å². The summed E-state index contributed by atoms with van der Waals surface area (Å²) < 4.78 is 13.8. The molecule has 3 fully saturated rings. The van der Waals surface area contributed by atoms with E-state index in [0.717, 1.165) is 54.3 Å². The molecule has 0 aromatic carbocycles. The Bertz CT molecular complexity index is 1190. The van der Waals surface area contributed by atoms with E-state index in [-0.39, 0.29) is 17.9 Å². The maximum absolute atomic E-state index is 13.8. The van der Waals surface area contributed by atoms with Crippen LogP contribution in [0.4, 0.5) is 10.2 Å². The zero-order valence-electron chi connectivity index (χ0n) is 16.8. The molecule has 3 saturated carbocycles. The molecular formula is C22H22FN5O2S. The molecule has 1 aliphatic heterocycles. The van der Waals surface area contributed by atoms with Crippen LogP contribution < -0.4 is 5.32 Å². The van der Waals surface area contributed by atoms with Crippen molar-refractivity contribution in [2.45, 2.75) is 43.2 Å². The number of carbonyl (C=O) groups is 1. The van der Waals surface area contributed by atoms with Gasteiger partial charge in [0.25, 0.3) is 0 Å². The molecule has 0 radical (unpaired) electrons. The lowest BCUT2D eigenvalue weighted by Crippen LogP contribution is -2.51. The topological polar surface area (TPSA) is 104 Å². The number of anilines is 1. The van der Waals surface area contributed by atoms with Crippen LogP contribution in [0.2, 0.25) is 0 Å². The van der Waals surface area contributed by atoms with Crippen LogP contribution in [-0.4, -0.2) is 42.8 Å². The first-order valence-corrected chi connectivity index (χ1v) is 11.7. The SMILES string of the molecule is O=C(O)[C@H]1C2CCC(CC2)[C@@H]1Nc1nc(-c2c[nH]c3ncc(F)cc23)nc2c1CCS2. The number of rotatable bonds is 4. The highest BCUT2D eigenvalue weighted by Crippen LogP contribution is 2.47. The molecule has 2 bridgehead atoms. The zero-order valence-corrected chi connectivity index (χ0v) is 17.6. The Kier molecular flexibility index (Phi) is 4.41. The van der Waals surface area contributed by atoms with Gasteiger partial charge in [0.2, 0.25) is 0 Å². The van der Waals surface area contributed by atoms with Crippen LogP contribution >= 0.6 is 11.8 Å². The first-order chi connectivity index (χ1) is 15.1. The molecule has 7 rings (SSSR count). The minimum atomic E-state index is -0.717. The number of hydrogen-bond donors (Lipinski definition) is 3. The molecule has 3 N–H and O–H groups in total. The summed E-state index contributed by atoms with van der Waals surface area (Å²) in [7, 11) is 0. The second-order valence-electron chi connectivity index (χ2n) is 8.74. The van der Waals surface area contributed by atoms with Crippen LogP contribution in [0.25, 0.3) is 22.4 Å². The lowest BCUT2D eigenvalue weighted by Gasteiger charge is -2.47. The Morgan fingerprint density at radius 1 is 1.23 bits per heavy atom. The highest BCUT2D eigenvalue weighted by molar-refractivity contribution is 7.99. The predicted octanol–water partition coefficient (Wildman–Crippen LogP) is 4.11. The summed E-state index contributed by atoms with van der Waals surface area (Å²) in [5.41, 5.74) is 2.34. The van der Waals surface area contributed by atoms with E-state index >= 15 is 0 Å². The Morgan fingerprint density at radius 2 is 2.03 bits per heavy atom. The van der Waals surface area contributed by atoms with Crippen LogP contribution in [-0.2, 0) is 11.2 Å². The van der Waals surface area contributed by atoms with Gasteiger partial charge in [-0.2, -0.15) is 0 Å². The van der Waals surface area contributed by atoms with Gasteiger partial charge in [-0.05, 0) is 50.0 Å². The van der Waals surface area contributed by atoms with E-state index in [1.165, 1.54) is 12.3 Å². The van der Waals surface area contributed by atoms with E-state index in [9.17, 15) is 14.3 Å². The monoisotopic (exact) mass is 439 g/mol. The molecule has 4 heterocycles. The van der Waals surface area contributed by atoms with Gasteiger partial charge in [-0.3, -0.25) is 4.79 Å². The van der Waals surface area contributed by atoms with Gasteiger partial charge >= 0.3 is 5.97 Å². The van der Waals surface area contributed by atoms with Gasteiger partial charge in [-0.15, -0.1) is 11.8 Å². The number of halogens is 1. The summed E-state index contributed by atoms with van der Waals surface area (Å²) in [6, 6.07) is 1.32. The lowest BCUT2D eigenvalue weighted by molar-refractivity contribution is -0.148. The number of thioether (sulfide) groups is 1. The number of carboxylic acids is 1. The largest absolute Gasteiger partial charge is 0.481 e. The molecule has 2 atom stereocenters. The number of nitrogens with zero attached hydrogens (tertiary/aromatic N) is 3. The minimum Gasteiger partial charge on any atom is -0.481 e. The molecular weight excluding hydrogens is 417 g/mol. The van der Waals surface area contributed by atoms with Crippen LogP contribution in [0, 0.1) is 23.6 Å². The number of nitrogens with one attached hydrogen (secondary N) is 2. The summed E-state index contributed by atoms with van der Waals surface area (Å²) in [5, 5.41) is 15.0. The summed E-state index contributed by atoms with van der Waals surface area (Å²) in [5.74, 6) is 1.21. The molecule has 3 aromatic rings. The third-order valence-electron chi connectivity index (χ3n) is 7.11. The summed E-state index contributed by atoms with van der Waals surface area (Å²) >= 11 is 1.68. The van der Waals surface area contributed by atoms with E-state index < -0.39 is 11.8 Å². The Labute approximate surface area is 182 Å². The van der Waals surface area contributed by atoms with E-state index in [4.69, 9.17) is 9.97 Å². The molecule has 7 nitrogen and oxygen atoms in total. The van der Waals surface area contributed by atoms with Crippen LogP contribution in [0.3, 0.4) is 0 Å². The van der Waals surface area contributed by atoms with Crippen molar-refractivity contribution in [3.05, 3.63) is 29.8 Å². The quantitative estimate of drug-likeness (QED) is 0.526. The van der Waals surface area contributed by atoms with Crippen molar-refractivity contribution >= 4 is 34.6 Å². The zero-order chi connectivity index (χ0) is 21.1. The maximum atomic E-state index is 13.8. The van der Waals surface area contributed by atoms with E-state index in [0.29, 0.717) is 28.3 Å². The Balaban J connectivity index is 1.43. The minimum absolute atomic E-state index is 0.121. The van der Waals surface area contributed by atoms with E-state index in [1.807, 2.05) is 0 Å². The van der Waals surface area contributed by atoms with Crippen LogP contribution in [0.15, 0.2) is 23.5 Å². The van der Waals surface area contributed by atoms with E-state index in [2.05, 4.69) is 15.3 Å². The van der Waals surface area contributed by atoms with Crippen molar-refractivity contribution in [1.29, 1.82) is 0 Å². The fourth-order valence-electron chi connectivity index (χ4n) is 5.63. The number of fused-ring (bicyclic) bond motifs is 5. The van der Waals surface area contributed by atoms with Crippen molar-refractivity contribution in [3.8, 4) is 11.4 Å². The smallest absolute Gasteiger partial charge is 0.308 e. The van der Waals surface area contributed by atoms with Gasteiger partial charge in [0, 0.05) is 34.5 Å². The average Bonchev–Trinajstić information content (AvgIpc) is 3.41.